The summed E-state index contributed by atoms with van der Waals surface area (Å²) >= 11 is 1.27. The number of nitrogens with zero attached hydrogens (tertiary/aromatic N) is 2. The molecular weight excluding hydrogens is 362 g/mol. The first-order valence-electron chi connectivity index (χ1n) is 9.51. The minimum atomic E-state index is 0.0452. The van der Waals surface area contributed by atoms with Gasteiger partial charge in [-0.05, 0) is 68.2 Å². The summed E-state index contributed by atoms with van der Waals surface area (Å²) < 4.78 is 11.3. The third kappa shape index (κ3) is 4.64. The van der Waals surface area contributed by atoms with E-state index in [-0.39, 0.29) is 12.5 Å². The van der Waals surface area contributed by atoms with E-state index in [4.69, 9.17) is 9.15 Å². The summed E-state index contributed by atoms with van der Waals surface area (Å²) in [5.41, 5.74) is 2.29. The highest BCUT2D eigenvalue weighted by Gasteiger charge is 2.40. The highest BCUT2D eigenvalue weighted by Crippen LogP contribution is 2.44. The van der Waals surface area contributed by atoms with Crippen molar-refractivity contribution < 1.29 is 13.9 Å². The van der Waals surface area contributed by atoms with Crippen LogP contribution < -0.4 is 10.1 Å². The molecule has 144 valence electrons. The van der Waals surface area contributed by atoms with E-state index in [0.29, 0.717) is 28.8 Å². The van der Waals surface area contributed by atoms with Crippen molar-refractivity contribution in [3.8, 4) is 5.75 Å². The highest BCUT2D eigenvalue weighted by atomic mass is 32.2. The molecule has 0 unspecified atom stereocenters. The first-order chi connectivity index (χ1) is 13.0. The van der Waals surface area contributed by atoms with Gasteiger partial charge in [0.2, 0.25) is 5.91 Å². The molecule has 2 aromatic rings. The van der Waals surface area contributed by atoms with Gasteiger partial charge in [0.1, 0.15) is 5.75 Å². The predicted octanol–water partition coefficient (Wildman–Crippen LogP) is 3.66. The van der Waals surface area contributed by atoms with E-state index < -0.39 is 0 Å². The van der Waals surface area contributed by atoms with Crippen molar-refractivity contribution >= 4 is 17.7 Å². The molecule has 0 saturated heterocycles. The van der Waals surface area contributed by atoms with Crippen LogP contribution in [0, 0.1) is 25.7 Å². The van der Waals surface area contributed by atoms with Gasteiger partial charge in [0.05, 0.1) is 5.75 Å². The van der Waals surface area contributed by atoms with E-state index in [1.165, 1.54) is 31.0 Å². The third-order valence-electron chi connectivity index (χ3n) is 5.42. The molecule has 2 aliphatic carbocycles. The minimum Gasteiger partial charge on any atom is -0.484 e. The maximum atomic E-state index is 12.2. The van der Waals surface area contributed by atoms with Gasteiger partial charge in [-0.25, -0.2) is 0 Å². The Morgan fingerprint density at radius 2 is 2.04 bits per heavy atom. The highest BCUT2D eigenvalue weighted by molar-refractivity contribution is 7.99. The number of benzene rings is 1. The molecule has 6 nitrogen and oxygen atoms in total. The number of ether oxygens (including phenoxy) is 1. The molecule has 1 aromatic carbocycles. The number of hydrogen-bond donors (Lipinski definition) is 1. The Morgan fingerprint density at radius 1 is 1.22 bits per heavy atom. The summed E-state index contributed by atoms with van der Waals surface area (Å²) in [6.07, 6.45) is 5.02. The average Bonchev–Trinajstić information content (AvgIpc) is 3.34. The lowest BCUT2D eigenvalue weighted by Crippen LogP contribution is -2.39. The van der Waals surface area contributed by atoms with Crippen molar-refractivity contribution in [2.75, 3.05) is 5.75 Å². The molecule has 3 atom stereocenters. The van der Waals surface area contributed by atoms with Gasteiger partial charge in [-0.3, -0.25) is 4.79 Å². The van der Waals surface area contributed by atoms with E-state index in [1.807, 2.05) is 26.0 Å². The zero-order valence-corrected chi connectivity index (χ0v) is 16.6. The van der Waals surface area contributed by atoms with Crippen molar-refractivity contribution in [3.05, 3.63) is 35.2 Å². The van der Waals surface area contributed by atoms with E-state index >= 15 is 0 Å². The Labute approximate surface area is 163 Å². The van der Waals surface area contributed by atoms with Crippen molar-refractivity contribution in [3.63, 3.8) is 0 Å². The molecule has 7 heteroatoms. The molecular formula is C20H25N3O3S. The monoisotopic (exact) mass is 387 g/mol. The lowest BCUT2D eigenvalue weighted by atomic mass is 9.95. The molecule has 2 aliphatic rings. The molecule has 0 radical (unpaired) electrons. The molecule has 2 saturated carbocycles. The number of fused-ring (bicyclic) bond motifs is 2. The van der Waals surface area contributed by atoms with Crippen LogP contribution in [0.1, 0.15) is 42.7 Å². The SMILES string of the molecule is Cc1cc(C)cc(OCc2nnc(SCC(=O)N[C@H]3C[C@H]4CC[C@H]3C4)o2)c1. The Bertz CT molecular complexity index is 802. The standard InChI is InChI=1S/C20H25N3O3S/c1-12-5-13(2)7-16(6-12)25-10-19-22-23-20(26-19)27-11-18(24)21-17-9-14-3-4-15(17)8-14/h5-7,14-15,17H,3-4,8-11H2,1-2H3,(H,21,24)/t14-,15-,17-/m0/s1. The van der Waals surface area contributed by atoms with Crippen LogP contribution in [0.15, 0.2) is 27.8 Å². The van der Waals surface area contributed by atoms with Crippen LogP contribution in [0.5, 0.6) is 5.75 Å². The molecule has 0 spiro atoms. The maximum absolute atomic E-state index is 12.2. The number of amides is 1. The minimum absolute atomic E-state index is 0.0452. The van der Waals surface area contributed by atoms with E-state index in [9.17, 15) is 4.79 Å². The summed E-state index contributed by atoms with van der Waals surface area (Å²) in [5.74, 6) is 3.04. The van der Waals surface area contributed by atoms with Crippen LogP contribution in [0.4, 0.5) is 0 Å². The topological polar surface area (TPSA) is 77.2 Å². The Kier molecular flexibility index (Phi) is 5.38. The number of aryl methyl sites for hydroxylation is 2. The van der Waals surface area contributed by atoms with E-state index in [0.717, 1.165) is 29.2 Å². The van der Waals surface area contributed by atoms with Gasteiger partial charge in [0.15, 0.2) is 6.61 Å². The van der Waals surface area contributed by atoms with E-state index in [2.05, 4.69) is 21.6 Å². The largest absolute Gasteiger partial charge is 0.484 e. The Hall–Kier alpha value is -2.02. The lowest BCUT2D eigenvalue weighted by Gasteiger charge is -2.22. The summed E-state index contributed by atoms with van der Waals surface area (Å²) in [6.45, 7) is 4.28. The molecule has 1 amide bonds. The van der Waals surface area contributed by atoms with Crippen LogP contribution in [-0.2, 0) is 11.4 Å². The predicted molar refractivity (Wildman–Crippen MR) is 103 cm³/mol. The zero-order chi connectivity index (χ0) is 18.8. The molecule has 0 aliphatic heterocycles. The number of rotatable bonds is 7. The number of nitrogens with one attached hydrogen (secondary N) is 1. The number of thioether (sulfide) groups is 1. The smallest absolute Gasteiger partial charge is 0.277 e. The number of aromatic nitrogens is 2. The molecule has 1 aromatic heterocycles. The van der Waals surface area contributed by atoms with Gasteiger partial charge in [-0.1, -0.05) is 24.2 Å². The molecule has 27 heavy (non-hydrogen) atoms. The van der Waals surface area contributed by atoms with Gasteiger partial charge < -0.3 is 14.5 Å². The van der Waals surface area contributed by atoms with Gasteiger partial charge in [-0.2, -0.15) is 0 Å². The molecule has 4 rings (SSSR count). The molecule has 2 bridgehead atoms. The molecule has 2 fully saturated rings. The summed E-state index contributed by atoms with van der Waals surface area (Å²) in [5, 5.41) is 11.6. The first-order valence-corrected chi connectivity index (χ1v) is 10.5. The van der Waals surface area contributed by atoms with Gasteiger partial charge in [0.25, 0.3) is 11.1 Å². The van der Waals surface area contributed by atoms with Crippen LogP contribution >= 0.6 is 11.8 Å². The van der Waals surface area contributed by atoms with Crippen LogP contribution in [-0.4, -0.2) is 27.9 Å². The van der Waals surface area contributed by atoms with Crippen molar-refractivity contribution in [2.45, 2.75) is 57.4 Å². The zero-order valence-electron chi connectivity index (χ0n) is 15.7. The second-order valence-corrected chi connectivity index (χ2v) is 8.64. The quantitative estimate of drug-likeness (QED) is 0.731. The summed E-state index contributed by atoms with van der Waals surface area (Å²) in [4.78, 5) is 12.2. The molecule has 1 N–H and O–H groups in total. The van der Waals surface area contributed by atoms with Gasteiger partial charge >= 0.3 is 0 Å². The second kappa shape index (κ2) is 7.92. The molecule has 1 heterocycles. The van der Waals surface area contributed by atoms with Crippen LogP contribution in [0.2, 0.25) is 0 Å². The normalized spacial score (nSPS) is 23.6. The number of hydrogen-bond acceptors (Lipinski definition) is 6. The fraction of sp³-hybridized carbons (Fsp3) is 0.550. The van der Waals surface area contributed by atoms with Crippen LogP contribution in [0.3, 0.4) is 0 Å². The fourth-order valence-electron chi connectivity index (χ4n) is 4.31. The average molecular weight is 388 g/mol. The van der Waals surface area contributed by atoms with Crippen LogP contribution in [0.25, 0.3) is 0 Å². The van der Waals surface area contributed by atoms with Crippen molar-refractivity contribution in [2.24, 2.45) is 11.8 Å². The Balaban J connectivity index is 1.22. The Morgan fingerprint density at radius 3 is 2.74 bits per heavy atom. The van der Waals surface area contributed by atoms with Crippen molar-refractivity contribution in [1.82, 2.24) is 15.5 Å². The van der Waals surface area contributed by atoms with Gasteiger partial charge in [-0.15, -0.1) is 10.2 Å². The summed E-state index contributed by atoms with van der Waals surface area (Å²) in [6, 6.07) is 6.40. The van der Waals surface area contributed by atoms with Gasteiger partial charge in [0, 0.05) is 6.04 Å². The first kappa shape index (κ1) is 18.3. The number of carbonyl (C=O) groups is 1. The second-order valence-electron chi connectivity index (χ2n) is 7.71. The van der Waals surface area contributed by atoms with Crippen molar-refractivity contribution in [1.29, 1.82) is 0 Å². The fourth-order valence-corrected chi connectivity index (χ4v) is 4.90. The van der Waals surface area contributed by atoms with E-state index in [1.54, 1.807) is 0 Å². The lowest BCUT2D eigenvalue weighted by molar-refractivity contribution is -0.119. The maximum Gasteiger partial charge on any atom is 0.277 e. The number of carbonyl (C=O) groups excluding carboxylic acids is 1. The summed E-state index contributed by atoms with van der Waals surface area (Å²) in [7, 11) is 0. The third-order valence-corrected chi connectivity index (χ3v) is 6.24.